The molecule has 0 unspecified atom stereocenters. The van der Waals surface area contributed by atoms with Crippen LogP contribution in [0.25, 0.3) is 0 Å². The van der Waals surface area contributed by atoms with E-state index in [1.54, 1.807) is 54.6 Å². The highest BCUT2D eigenvalue weighted by Crippen LogP contribution is 2.26. The molecule has 1 N–H and O–H groups in total. The zero-order valence-electron chi connectivity index (χ0n) is 15.9. The van der Waals surface area contributed by atoms with Gasteiger partial charge in [-0.3, -0.25) is 9.10 Å². The second-order valence-electron chi connectivity index (χ2n) is 6.27. The first kappa shape index (κ1) is 23.1. The lowest BCUT2D eigenvalue weighted by atomic mass is 10.2. The zero-order valence-corrected chi connectivity index (χ0v) is 19.0. The summed E-state index contributed by atoms with van der Waals surface area (Å²) in [7, 11) is -4.02. The summed E-state index contributed by atoms with van der Waals surface area (Å²) in [4.78, 5) is 12.5. The molecule has 3 aromatic carbocycles. The lowest BCUT2D eigenvalue weighted by molar-refractivity contribution is -0.119. The molecule has 0 spiro atoms. The fourth-order valence-electron chi connectivity index (χ4n) is 2.60. The fraction of sp³-hybridized carbons (Fsp3) is 0.0476. The molecule has 0 aliphatic rings. The number of rotatable bonds is 7. The van der Waals surface area contributed by atoms with Gasteiger partial charge in [0.2, 0.25) is 0 Å². The largest absolute Gasteiger partial charge is 0.271 e. The Bertz CT molecular complexity index is 1220. The summed E-state index contributed by atoms with van der Waals surface area (Å²) in [6.07, 6.45) is 1.37. The maximum absolute atomic E-state index is 13.2. The van der Waals surface area contributed by atoms with Gasteiger partial charge in [0.05, 0.1) is 26.8 Å². The molecule has 31 heavy (non-hydrogen) atoms. The Hall–Kier alpha value is -2.58. The van der Waals surface area contributed by atoms with Crippen molar-refractivity contribution in [3.05, 3.63) is 93.4 Å². The molecule has 3 rings (SSSR count). The van der Waals surface area contributed by atoms with Crippen LogP contribution in [0.1, 0.15) is 5.56 Å². The number of halogens is 3. The monoisotopic (exact) mass is 495 g/mol. The number of carbonyl (C=O) groups is 1. The van der Waals surface area contributed by atoms with Crippen LogP contribution in [-0.4, -0.2) is 27.1 Å². The van der Waals surface area contributed by atoms with Gasteiger partial charge in [0.1, 0.15) is 6.54 Å². The van der Waals surface area contributed by atoms with Crippen molar-refractivity contribution >= 4 is 62.6 Å². The maximum Gasteiger partial charge on any atom is 0.264 e. The molecule has 0 saturated carbocycles. The van der Waals surface area contributed by atoms with Crippen LogP contribution >= 0.6 is 34.8 Å². The van der Waals surface area contributed by atoms with E-state index < -0.39 is 22.5 Å². The molecule has 0 fully saturated rings. The molecule has 1 amide bonds. The van der Waals surface area contributed by atoms with Crippen LogP contribution in [-0.2, 0) is 14.8 Å². The van der Waals surface area contributed by atoms with E-state index in [1.807, 2.05) is 0 Å². The Kier molecular flexibility index (Phi) is 7.56. The molecule has 6 nitrogen and oxygen atoms in total. The van der Waals surface area contributed by atoms with Gasteiger partial charge in [-0.2, -0.15) is 5.10 Å². The third-order valence-corrected chi connectivity index (χ3v) is 6.82. The predicted molar refractivity (Wildman–Crippen MR) is 125 cm³/mol. The molecule has 0 atom stereocenters. The third kappa shape index (κ3) is 5.98. The van der Waals surface area contributed by atoms with Crippen molar-refractivity contribution in [3.8, 4) is 0 Å². The van der Waals surface area contributed by atoms with Crippen molar-refractivity contribution in [2.45, 2.75) is 4.90 Å². The summed E-state index contributed by atoms with van der Waals surface area (Å²) in [5, 5.41) is 4.93. The first-order valence-electron chi connectivity index (χ1n) is 8.88. The first-order valence-corrected chi connectivity index (χ1v) is 11.4. The minimum absolute atomic E-state index is 0.0436. The van der Waals surface area contributed by atoms with Crippen molar-refractivity contribution in [1.82, 2.24) is 5.43 Å². The molecular weight excluding hydrogens is 481 g/mol. The highest BCUT2D eigenvalue weighted by molar-refractivity contribution is 7.92. The van der Waals surface area contributed by atoms with Gasteiger partial charge in [-0.25, -0.2) is 13.8 Å². The summed E-state index contributed by atoms with van der Waals surface area (Å²) >= 11 is 17.8. The Morgan fingerprint density at radius 3 is 2.35 bits per heavy atom. The van der Waals surface area contributed by atoms with E-state index >= 15 is 0 Å². The topological polar surface area (TPSA) is 78.8 Å². The quantitative estimate of drug-likeness (QED) is 0.370. The number of benzene rings is 3. The maximum atomic E-state index is 13.2. The molecule has 10 heteroatoms. The molecule has 0 aliphatic carbocycles. The average molecular weight is 497 g/mol. The number of hydrogen-bond donors (Lipinski definition) is 1. The summed E-state index contributed by atoms with van der Waals surface area (Å²) < 4.78 is 27.3. The van der Waals surface area contributed by atoms with Crippen LogP contribution in [0.2, 0.25) is 15.1 Å². The van der Waals surface area contributed by atoms with Gasteiger partial charge in [-0.1, -0.05) is 65.1 Å². The Labute approximate surface area is 195 Å². The van der Waals surface area contributed by atoms with Crippen LogP contribution in [0.15, 0.2) is 82.8 Å². The SMILES string of the molecule is O=C(CN(c1cccc(Cl)c1)S(=O)(=O)c1ccccc1)N/N=C/c1ccc(Cl)c(Cl)c1. The molecule has 3 aromatic rings. The fourth-order valence-corrected chi connectivity index (χ4v) is 4.53. The van der Waals surface area contributed by atoms with E-state index in [4.69, 9.17) is 34.8 Å². The van der Waals surface area contributed by atoms with Crippen molar-refractivity contribution in [1.29, 1.82) is 0 Å². The number of hydrazone groups is 1. The van der Waals surface area contributed by atoms with Gasteiger partial charge in [-0.05, 0) is 48.0 Å². The van der Waals surface area contributed by atoms with Gasteiger partial charge in [-0.15, -0.1) is 0 Å². The Balaban J connectivity index is 1.82. The van der Waals surface area contributed by atoms with E-state index in [9.17, 15) is 13.2 Å². The van der Waals surface area contributed by atoms with Gasteiger partial charge >= 0.3 is 0 Å². The summed E-state index contributed by atoms with van der Waals surface area (Å²) in [6, 6.07) is 18.9. The number of anilines is 1. The number of amides is 1. The van der Waals surface area contributed by atoms with E-state index in [1.165, 1.54) is 24.4 Å². The molecule has 0 saturated heterocycles. The van der Waals surface area contributed by atoms with Crippen LogP contribution in [0.4, 0.5) is 5.69 Å². The van der Waals surface area contributed by atoms with Gasteiger partial charge in [0.15, 0.2) is 0 Å². The number of nitrogens with zero attached hydrogens (tertiary/aromatic N) is 2. The van der Waals surface area contributed by atoms with E-state index in [0.29, 0.717) is 20.6 Å². The van der Waals surface area contributed by atoms with Crippen molar-refractivity contribution in [3.63, 3.8) is 0 Å². The van der Waals surface area contributed by atoms with E-state index in [-0.39, 0.29) is 10.6 Å². The Morgan fingerprint density at radius 2 is 1.68 bits per heavy atom. The molecule has 160 valence electrons. The van der Waals surface area contributed by atoms with Crippen LogP contribution < -0.4 is 9.73 Å². The van der Waals surface area contributed by atoms with Crippen molar-refractivity contribution in [2.75, 3.05) is 10.8 Å². The number of carbonyl (C=O) groups excluding carboxylic acids is 1. The molecular formula is C21H16Cl3N3O3S. The highest BCUT2D eigenvalue weighted by atomic mass is 35.5. The minimum atomic E-state index is -4.02. The summed E-state index contributed by atoms with van der Waals surface area (Å²) in [6.45, 7) is -0.504. The molecule has 0 heterocycles. The lowest BCUT2D eigenvalue weighted by Crippen LogP contribution is -2.39. The van der Waals surface area contributed by atoms with Gasteiger partial charge in [0, 0.05) is 5.02 Å². The number of sulfonamides is 1. The standard InChI is InChI=1S/C21H16Cl3N3O3S/c22-16-5-4-6-17(12-16)27(31(29,30)18-7-2-1-3-8-18)14-21(28)26-25-13-15-9-10-19(23)20(24)11-15/h1-13H,14H2,(H,26,28)/b25-13+. The predicted octanol–water partition coefficient (Wildman–Crippen LogP) is 4.99. The van der Waals surface area contributed by atoms with Crippen molar-refractivity contribution < 1.29 is 13.2 Å². The number of hydrogen-bond acceptors (Lipinski definition) is 4. The molecule has 0 aliphatic heterocycles. The van der Waals surface area contributed by atoms with Gasteiger partial charge < -0.3 is 0 Å². The second kappa shape index (κ2) is 10.2. The number of nitrogens with one attached hydrogen (secondary N) is 1. The molecule has 0 aromatic heterocycles. The zero-order chi connectivity index (χ0) is 22.4. The molecule has 0 bridgehead atoms. The third-order valence-electron chi connectivity index (χ3n) is 4.06. The van der Waals surface area contributed by atoms with Crippen molar-refractivity contribution in [2.24, 2.45) is 5.10 Å². The highest BCUT2D eigenvalue weighted by Gasteiger charge is 2.27. The van der Waals surface area contributed by atoms with Gasteiger partial charge in [0.25, 0.3) is 15.9 Å². The minimum Gasteiger partial charge on any atom is -0.271 e. The summed E-state index contributed by atoms with van der Waals surface area (Å²) in [5.41, 5.74) is 3.18. The average Bonchev–Trinajstić information content (AvgIpc) is 2.75. The lowest BCUT2D eigenvalue weighted by Gasteiger charge is -2.23. The smallest absolute Gasteiger partial charge is 0.264 e. The normalized spacial score (nSPS) is 11.5. The Morgan fingerprint density at radius 1 is 0.935 bits per heavy atom. The van der Waals surface area contributed by atoms with Crippen LogP contribution in [0, 0.1) is 0 Å². The second-order valence-corrected chi connectivity index (χ2v) is 9.38. The van der Waals surface area contributed by atoms with E-state index in [2.05, 4.69) is 10.5 Å². The van der Waals surface area contributed by atoms with Crippen LogP contribution in [0.5, 0.6) is 0 Å². The van der Waals surface area contributed by atoms with E-state index in [0.717, 1.165) is 4.31 Å². The first-order chi connectivity index (χ1) is 14.8. The molecule has 0 radical (unpaired) electrons. The summed E-state index contributed by atoms with van der Waals surface area (Å²) in [5.74, 6) is -0.643. The van der Waals surface area contributed by atoms with Crippen LogP contribution in [0.3, 0.4) is 0 Å².